The number of alkyl halides is 2. The van der Waals surface area contributed by atoms with Crippen LogP contribution in [0.15, 0.2) is 24.4 Å². The van der Waals surface area contributed by atoms with Gasteiger partial charge in [-0.15, -0.1) is 0 Å². The van der Waals surface area contributed by atoms with E-state index in [2.05, 4.69) is 10.3 Å². The van der Waals surface area contributed by atoms with Gasteiger partial charge in [-0.3, -0.25) is 4.79 Å². The molecular weight excluding hydrogens is 252 g/mol. The smallest absolute Gasteiger partial charge is 0.249 e. The Bertz CT molecular complexity index is 466. The lowest BCUT2D eigenvalue weighted by atomic mass is 9.80. The molecule has 1 saturated heterocycles. The number of nitrogens with zero attached hydrogens (tertiary/aromatic N) is 2. The van der Waals surface area contributed by atoms with Crippen LogP contribution in [-0.4, -0.2) is 35.9 Å². The van der Waals surface area contributed by atoms with Crippen LogP contribution in [0.1, 0.15) is 12.8 Å². The summed E-state index contributed by atoms with van der Waals surface area (Å²) < 4.78 is 25.3. The largest absolute Gasteiger partial charge is 0.352 e. The highest BCUT2D eigenvalue weighted by Crippen LogP contribution is 2.42. The second-order valence-electron chi connectivity index (χ2n) is 5.26. The van der Waals surface area contributed by atoms with Crippen molar-refractivity contribution in [3.05, 3.63) is 24.4 Å². The van der Waals surface area contributed by atoms with E-state index < -0.39 is 11.8 Å². The summed E-state index contributed by atoms with van der Waals surface area (Å²) >= 11 is 0. The Labute approximate surface area is 109 Å². The van der Waals surface area contributed by atoms with Gasteiger partial charge in [-0.1, -0.05) is 6.07 Å². The monoisotopic (exact) mass is 267 g/mol. The second-order valence-corrected chi connectivity index (χ2v) is 5.26. The van der Waals surface area contributed by atoms with E-state index in [1.807, 2.05) is 23.1 Å². The first kappa shape index (κ1) is 12.3. The van der Waals surface area contributed by atoms with Crippen LogP contribution in [-0.2, 0) is 4.79 Å². The number of aromatic nitrogens is 1. The minimum absolute atomic E-state index is 0.0451. The van der Waals surface area contributed by atoms with Crippen LogP contribution in [0.5, 0.6) is 0 Å². The fourth-order valence-corrected chi connectivity index (χ4v) is 2.46. The van der Waals surface area contributed by atoms with Crippen molar-refractivity contribution in [2.45, 2.75) is 24.8 Å². The van der Waals surface area contributed by atoms with Gasteiger partial charge >= 0.3 is 0 Å². The Morgan fingerprint density at radius 3 is 2.68 bits per heavy atom. The molecule has 1 aliphatic heterocycles. The lowest BCUT2D eigenvalue weighted by Gasteiger charge is -2.42. The van der Waals surface area contributed by atoms with Crippen molar-refractivity contribution in [2.75, 3.05) is 18.0 Å². The maximum absolute atomic E-state index is 12.7. The van der Waals surface area contributed by atoms with Crippen molar-refractivity contribution >= 4 is 11.7 Å². The summed E-state index contributed by atoms with van der Waals surface area (Å²) in [5.74, 6) is -2.51. The molecule has 102 valence electrons. The van der Waals surface area contributed by atoms with Crippen molar-refractivity contribution in [3.8, 4) is 0 Å². The summed E-state index contributed by atoms with van der Waals surface area (Å²) in [6.45, 7) is 1.37. The number of anilines is 1. The Kier molecular flexibility index (Phi) is 2.88. The minimum Gasteiger partial charge on any atom is -0.352 e. The van der Waals surface area contributed by atoms with Gasteiger partial charge in [-0.05, 0) is 12.1 Å². The van der Waals surface area contributed by atoms with Gasteiger partial charge in [-0.2, -0.15) is 0 Å². The topological polar surface area (TPSA) is 45.2 Å². The molecule has 0 spiro atoms. The number of nitrogens with one attached hydrogen (secondary N) is 1. The highest BCUT2D eigenvalue weighted by Gasteiger charge is 2.49. The van der Waals surface area contributed by atoms with Crippen LogP contribution in [0.3, 0.4) is 0 Å². The van der Waals surface area contributed by atoms with Crippen molar-refractivity contribution < 1.29 is 13.6 Å². The molecule has 2 fully saturated rings. The van der Waals surface area contributed by atoms with Gasteiger partial charge in [0.05, 0.1) is 6.04 Å². The SMILES string of the molecule is O=C(NC1CN(c2ccccn2)C1)C1CC(F)(F)C1. The molecule has 0 unspecified atom stereocenters. The van der Waals surface area contributed by atoms with E-state index in [0.717, 1.165) is 5.82 Å². The highest BCUT2D eigenvalue weighted by atomic mass is 19.3. The summed E-state index contributed by atoms with van der Waals surface area (Å²) in [4.78, 5) is 17.9. The Morgan fingerprint density at radius 1 is 1.37 bits per heavy atom. The van der Waals surface area contributed by atoms with Gasteiger partial charge in [0.1, 0.15) is 5.82 Å². The molecule has 19 heavy (non-hydrogen) atoms. The molecule has 1 aromatic heterocycles. The standard InChI is InChI=1S/C13H15F2N3O/c14-13(15)5-9(6-13)12(19)17-10-7-18(8-10)11-3-1-2-4-16-11/h1-4,9-10H,5-8H2,(H,17,19). The van der Waals surface area contributed by atoms with E-state index in [9.17, 15) is 13.6 Å². The van der Waals surface area contributed by atoms with Crippen molar-refractivity contribution in [3.63, 3.8) is 0 Å². The molecule has 0 atom stereocenters. The van der Waals surface area contributed by atoms with Gasteiger partial charge in [0.15, 0.2) is 0 Å². The van der Waals surface area contributed by atoms with Crippen LogP contribution in [0.4, 0.5) is 14.6 Å². The first-order valence-electron chi connectivity index (χ1n) is 6.38. The molecule has 3 rings (SSSR count). The number of hydrogen-bond acceptors (Lipinski definition) is 3. The molecule has 1 aromatic rings. The molecule has 2 aliphatic rings. The first-order chi connectivity index (χ1) is 9.03. The quantitative estimate of drug-likeness (QED) is 0.901. The minimum atomic E-state index is -2.64. The maximum atomic E-state index is 12.7. The fourth-order valence-electron chi connectivity index (χ4n) is 2.46. The molecule has 2 heterocycles. The molecule has 0 bridgehead atoms. The zero-order chi connectivity index (χ0) is 13.5. The van der Waals surface area contributed by atoms with Crippen molar-refractivity contribution in [1.29, 1.82) is 0 Å². The Morgan fingerprint density at radius 2 is 2.11 bits per heavy atom. The average Bonchev–Trinajstić information content (AvgIpc) is 2.31. The van der Waals surface area contributed by atoms with E-state index in [1.165, 1.54) is 0 Å². The summed E-state index contributed by atoms with van der Waals surface area (Å²) in [7, 11) is 0. The molecule has 4 nitrogen and oxygen atoms in total. The van der Waals surface area contributed by atoms with Crippen molar-refractivity contribution in [1.82, 2.24) is 10.3 Å². The molecular formula is C13H15F2N3O. The zero-order valence-corrected chi connectivity index (χ0v) is 10.4. The average molecular weight is 267 g/mol. The lowest BCUT2D eigenvalue weighted by Crippen LogP contribution is -2.61. The number of halogens is 2. The van der Waals surface area contributed by atoms with Crippen molar-refractivity contribution in [2.24, 2.45) is 5.92 Å². The summed E-state index contributed by atoms with van der Waals surface area (Å²) in [5.41, 5.74) is 0. The number of hydrogen-bond donors (Lipinski definition) is 1. The molecule has 1 aliphatic carbocycles. The molecule has 1 amide bonds. The molecule has 1 saturated carbocycles. The van der Waals surface area contributed by atoms with Crippen LogP contribution < -0.4 is 10.2 Å². The summed E-state index contributed by atoms with van der Waals surface area (Å²) in [6.07, 6.45) is 1.10. The molecule has 1 N–H and O–H groups in total. The van der Waals surface area contributed by atoms with Gasteiger partial charge in [0.2, 0.25) is 11.8 Å². The third kappa shape index (κ3) is 2.52. The molecule has 0 aromatic carbocycles. The van der Waals surface area contributed by atoms with Gasteiger partial charge in [0, 0.05) is 38.0 Å². The fraction of sp³-hybridized carbons (Fsp3) is 0.538. The Hall–Kier alpha value is -1.72. The number of carbonyl (C=O) groups is 1. The number of amides is 1. The predicted octanol–water partition coefficient (Wildman–Crippen LogP) is 1.43. The molecule has 6 heteroatoms. The third-order valence-corrected chi connectivity index (χ3v) is 3.66. The van der Waals surface area contributed by atoms with Gasteiger partial charge < -0.3 is 10.2 Å². The van der Waals surface area contributed by atoms with E-state index in [0.29, 0.717) is 13.1 Å². The number of carbonyl (C=O) groups excluding carboxylic acids is 1. The predicted molar refractivity (Wildman–Crippen MR) is 66.1 cm³/mol. The summed E-state index contributed by atoms with van der Waals surface area (Å²) in [5, 5.41) is 2.81. The number of rotatable bonds is 3. The Balaban J connectivity index is 1.44. The molecule has 0 radical (unpaired) electrons. The van der Waals surface area contributed by atoms with Crippen LogP contribution in [0, 0.1) is 5.92 Å². The van der Waals surface area contributed by atoms with Gasteiger partial charge in [-0.25, -0.2) is 13.8 Å². The van der Waals surface area contributed by atoms with Gasteiger partial charge in [0.25, 0.3) is 0 Å². The lowest BCUT2D eigenvalue weighted by molar-refractivity contribution is -0.150. The van der Waals surface area contributed by atoms with E-state index in [4.69, 9.17) is 0 Å². The normalized spacial score (nSPS) is 22.5. The number of pyridine rings is 1. The van der Waals surface area contributed by atoms with E-state index in [-0.39, 0.29) is 24.8 Å². The third-order valence-electron chi connectivity index (χ3n) is 3.66. The van der Waals surface area contributed by atoms with Crippen LogP contribution in [0.25, 0.3) is 0 Å². The van der Waals surface area contributed by atoms with Crippen LogP contribution >= 0.6 is 0 Å². The maximum Gasteiger partial charge on any atom is 0.249 e. The summed E-state index contributed by atoms with van der Waals surface area (Å²) in [6, 6.07) is 5.71. The second kappa shape index (κ2) is 4.43. The highest BCUT2D eigenvalue weighted by molar-refractivity contribution is 5.80. The van der Waals surface area contributed by atoms with Crippen LogP contribution in [0.2, 0.25) is 0 Å². The first-order valence-corrected chi connectivity index (χ1v) is 6.38. The van der Waals surface area contributed by atoms with E-state index >= 15 is 0 Å². The van der Waals surface area contributed by atoms with E-state index in [1.54, 1.807) is 6.20 Å². The zero-order valence-electron chi connectivity index (χ0n) is 10.4.